The van der Waals surface area contributed by atoms with E-state index in [1.165, 1.54) is 0 Å². The largest absolute Gasteiger partial charge is 0.339 e. The Hall–Kier alpha value is -2.83. The first-order chi connectivity index (χ1) is 16.8. The number of nitrogens with one attached hydrogen (secondary N) is 3. The zero-order valence-corrected chi connectivity index (χ0v) is 21.5. The fourth-order valence-corrected chi connectivity index (χ4v) is 4.34. The number of anilines is 1. The molecule has 8 heteroatoms. The third kappa shape index (κ3) is 6.65. The van der Waals surface area contributed by atoms with Crippen molar-refractivity contribution in [3.05, 3.63) is 114 Å². The molecule has 0 saturated carbocycles. The molecule has 0 unspecified atom stereocenters. The molecule has 1 amide bonds. The minimum absolute atomic E-state index is 0.202. The molecule has 4 nitrogen and oxygen atoms in total. The smallest absolute Gasteiger partial charge is 0.233 e. The summed E-state index contributed by atoms with van der Waals surface area (Å²) in [5.74, 6) is -0.934. The number of benzene rings is 4. The van der Waals surface area contributed by atoms with Gasteiger partial charge in [0.1, 0.15) is 6.17 Å². The van der Waals surface area contributed by atoms with Crippen LogP contribution in [0.1, 0.15) is 17.0 Å². The number of amides is 1. The van der Waals surface area contributed by atoms with Gasteiger partial charge in [0, 0.05) is 5.69 Å². The van der Waals surface area contributed by atoms with E-state index in [0.29, 0.717) is 0 Å². The molecular weight excluding hydrogens is 521 g/mol. The van der Waals surface area contributed by atoms with Gasteiger partial charge in [-0.15, -0.1) is 0 Å². The van der Waals surface area contributed by atoms with Crippen molar-refractivity contribution in [3.63, 3.8) is 0 Å². The van der Waals surface area contributed by atoms with Gasteiger partial charge >= 0.3 is 0 Å². The second-order valence-corrected chi connectivity index (χ2v) is 10.7. The average molecular weight is 543 g/mol. The molecule has 0 aliphatic carbocycles. The van der Waals surface area contributed by atoms with Crippen molar-refractivity contribution in [1.29, 1.82) is 0 Å². The standard InChI is InChI=1S/C27H22Cl3N3OS/c28-27(29,30)25(33-26(35)31-22-16-15-18-9-7-8-14-21(18)17-22)32-24(34)23(19-10-3-1-4-11-19)20-12-5-2-6-13-20/h1-17,23,25H,(H,32,34)(H2,31,33,35)/t25-/m0/s1. The van der Waals surface area contributed by atoms with Crippen molar-refractivity contribution in [2.45, 2.75) is 15.9 Å². The summed E-state index contributed by atoms with van der Waals surface area (Å²) in [5.41, 5.74) is 2.40. The molecule has 4 aromatic carbocycles. The lowest BCUT2D eigenvalue weighted by Crippen LogP contribution is -2.57. The molecule has 0 spiro atoms. The van der Waals surface area contributed by atoms with Gasteiger partial charge in [-0.3, -0.25) is 4.79 Å². The van der Waals surface area contributed by atoms with Gasteiger partial charge in [-0.25, -0.2) is 0 Å². The number of carbonyl (C=O) groups excluding carboxylic acids is 1. The summed E-state index contributed by atoms with van der Waals surface area (Å²) < 4.78 is -1.87. The summed E-state index contributed by atoms with van der Waals surface area (Å²) in [6.07, 6.45) is -1.09. The van der Waals surface area contributed by atoms with Crippen molar-refractivity contribution >= 4 is 74.5 Å². The number of carbonyl (C=O) groups is 1. The number of thiocarbonyl (C=S) groups is 1. The Morgan fingerprint density at radius 1 is 0.714 bits per heavy atom. The highest BCUT2D eigenvalue weighted by molar-refractivity contribution is 7.80. The second-order valence-electron chi connectivity index (χ2n) is 7.90. The molecule has 4 rings (SSSR count). The van der Waals surface area contributed by atoms with Crippen molar-refractivity contribution in [3.8, 4) is 0 Å². The highest BCUT2D eigenvalue weighted by Gasteiger charge is 2.36. The number of rotatable bonds is 6. The molecule has 178 valence electrons. The Balaban J connectivity index is 1.52. The fraction of sp³-hybridized carbons (Fsp3) is 0.111. The number of hydrogen-bond acceptors (Lipinski definition) is 2. The lowest BCUT2D eigenvalue weighted by atomic mass is 9.90. The van der Waals surface area contributed by atoms with E-state index in [4.69, 9.17) is 47.0 Å². The van der Waals surface area contributed by atoms with Gasteiger partial charge in [-0.2, -0.15) is 0 Å². The first-order valence-corrected chi connectivity index (χ1v) is 12.4. The van der Waals surface area contributed by atoms with Crippen LogP contribution in [0.2, 0.25) is 0 Å². The summed E-state index contributed by atoms with van der Waals surface area (Å²) in [4.78, 5) is 13.5. The van der Waals surface area contributed by atoms with Crippen LogP contribution in [0.5, 0.6) is 0 Å². The Labute approximate surface area is 224 Å². The molecular formula is C27H22Cl3N3OS. The Bertz CT molecular complexity index is 1270. The third-order valence-electron chi connectivity index (χ3n) is 5.42. The van der Waals surface area contributed by atoms with Crippen LogP contribution >= 0.6 is 47.0 Å². The molecule has 35 heavy (non-hydrogen) atoms. The minimum Gasteiger partial charge on any atom is -0.339 e. The SMILES string of the molecule is O=C(N[C@@H](NC(=S)Nc1ccc2ccccc2c1)C(Cl)(Cl)Cl)C(c1ccccc1)c1ccccc1. The number of alkyl halides is 3. The Kier molecular flexibility index (Phi) is 8.14. The van der Waals surface area contributed by atoms with Crippen LogP contribution in [-0.4, -0.2) is 21.0 Å². The third-order valence-corrected chi connectivity index (χ3v) is 6.30. The molecule has 0 bridgehead atoms. The average Bonchev–Trinajstić information content (AvgIpc) is 2.84. The summed E-state index contributed by atoms with van der Waals surface area (Å²) in [5, 5.41) is 11.2. The highest BCUT2D eigenvalue weighted by atomic mass is 35.6. The van der Waals surface area contributed by atoms with E-state index in [2.05, 4.69) is 16.0 Å². The maximum absolute atomic E-state index is 13.5. The van der Waals surface area contributed by atoms with Crippen molar-refractivity contribution < 1.29 is 4.79 Å². The van der Waals surface area contributed by atoms with Gasteiger partial charge in [0.2, 0.25) is 9.70 Å². The Morgan fingerprint density at radius 3 is 1.83 bits per heavy atom. The van der Waals surface area contributed by atoms with E-state index in [9.17, 15) is 4.79 Å². The van der Waals surface area contributed by atoms with Gasteiger partial charge < -0.3 is 16.0 Å². The van der Waals surface area contributed by atoms with Gasteiger partial charge in [0.05, 0.1) is 5.92 Å². The predicted molar refractivity (Wildman–Crippen MR) is 150 cm³/mol. The van der Waals surface area contributed by atoms with Crippen LogP contribution in [0.3, 0.4) is 0 Å². The van der Waals surface area contributed by atoms with Crippen LogP contribution in [0, 0.1) is 0 Å². The summed E-state index contributed by atoms with van der Waals surface area (Å²) >= 11 is 24.2. The molecule has 0 fully saturated rings. The van der Waals surface area contributed by atoms with Crippen LogP contribution < -0.4 is 16.0 Å². The molecule has 0 aliphatic heterocycles. The van der Waals surface area contributed by atoms with Gasteiger partial charge in [0.15, 0.2) is 5.11 Å². The van der Waals surface area contributed by atoms with E-state index in [1.807, 2.05) is 103 Å². The van der Waals surface area contributed by atoms with Crippen molar-refractivity contribution in [2.75, 3.05) is 5.32 Å². The predicted octanol–water partition coefficient (Wildman–Crippen LogP) is 6.77. The van der Waals surface area contributed by atoms with E-state index in [1.54, 1.807) is 0 Å². The molecule has 0 radical (unpaired) electrons. The van der Waals surface area contributed by atoms with E-state index < -0.39 is 15.9 Å². The number of hydrogen-bond donors (Lipinski definition) is 3. The fourth-order valence-electron chi connectivity index (χ4n) is 3.78. The first kappa shape index (κ1) is 25.3. The van der Waals surface area contributed by atoms with Crippen LogP contribution in [0.25, 0.3) is 10.8 Å². The maximum atomic E-state index is 13.5. The minimum atomic E-state index is -1.87. The maximum Gasteiger partial charge on any atom is 0.233 e. The van der Waals surface area contributed by atoms with Crippen LogP contribution in [0.4, 0.5) is 5.69 Å². The summed E-state index contributed by atoms with van der Waals surface area (Å²) in [6.45, 7) is 0. The first-order valence-electron chi connectivity index (χ1n) is 10.8. The second kappa shape index (κ2) is 11.3. The zero-order chi connectivity index (χ0) is 24.8. The van der Waals surface area contributed by atoms with Gasteiger partial charge in [-0.1, -0.05) is 126 Å². The summed E-state index contributed by atoms with van der Waals surface area (Å²) in [7, 11) is 0. The molecule has 1 atom stereocenters. The van der Waals surface area contributed by atoms with Crippen molar-refractivity contribution in [2.24, 2.45) is 0 Å². The van der Waals surface area contributed by atoms with E-state index >= 15 is 0 Å². The van der Waals surface area contributed by atoms with Gasteiger partial charge in [-0.05, 0) is 46.2 Å². The topological polar surface area (TPSA) is 53.2 Å². The normalized spacial score (nSPS) is 12.2. The number of halogens is 3. The molecule has 0 aliphatic rings. The number of fused-ring (bicyclic) bond motifs is 1. The molecule has 0 aromatic heterocycles. The quantitative estimate of drug-likeness (QED) is 0.143. The van der Waals surface area contributed by atoms with E-state index in [-0.39, 0.29) is 11.0 Å². The lowest BCUT2D eigenvalue weighted by molar-refractivity contribution is -0.122. The molecule has 0 saturated heterocycles. The molecule has 0 heterocycles. The van der Waals surface area contributed by atoms with Crippen LogP contribution in [0.15, 0.2) is 103 Å². The molecule has 3 N–H and O–H groups in total. The molecule has 4 aromatic rings. The van der Waals surface area contributed by atoms with Crippen molar-refractivity contribution in [1.82, 2.24) is 10.6 Å². The monoisotopic (exact) mass is 541 g/mol. The Morgan fingerprint density at radius 2 is 1.26 bits per heavy atom. The lowest BCUT2D eigenvalue weighted by Gasteiger charge is -2.29. The van der Waals surface area contributed by atoms with Crippen LogP contribution in [-0.2, 0) is 4.79 Å². The van der Waals surface area contributed by atoms with E-state index in [0.717, 1.165) is 27.6 Å². The van der Waals surface area contributed by atoms with Gasteiger partial charge in [0.25, 0.3) is 0 Å². The zero-order valence-electron chi connectivity index (χ0n) is 18.4. The highest BCUT2D eigenvalue weighted by Crippen LogP contribution is 2.31. The summed E-state index contributed by atoms with van der Waals surface area (Å²) in [6, 6.07) is 32.7.